The molecule has 0 radical (unpaired) electrons. The summed E-state index contributed by atoms with van der Waals surface area (Å²) >= 11 is 0. The van der Waals surface area contributed by atoms with E-state index in [1.807, 2.05) is 13.8 Å². The molecule has 4 aliphatic rings. The minimum Gasteiger partial charge on any atom is -0.464 e. The third-order valence-corrected chi connectivity index (χ3v) is 8.89. The molecule has 192 valence electrons. The summed E-state index contributed by atoms with van der Waals surface area (Å²) in [6, 6.07) is 0. The molecule has 0 aromatic heterocycles. The molecule has 0 aromatic carbocycles. The topological polar surface area (TPSA) is 122 Å². The van der Waals surface area contributed by atoms with Gasteiger partial charge in [-0.2, -0.15) is 0 Å². The lowest BCUT2D eigenvalue weighted by molar-refractivity contribution is -0.268. The highest BCUT2D eigenvalue weighted by Gasteiger charge is 2.78. The number of rotatable bonds is 4. The molecule has 1 heterocycles. The molecule has 3 aliphatic carbocycles. The van der Waals surface area contributed by atoms with Gasteiger partial charge in [0.2, 0.25) is 0 Å². The van der Waals surface area contributed by atoms with Crippen molar-refractivity contribution in [3.63, 3.8) is 0 Å². The van der Waals surface area contributed by atoms with Gasteiger partial charge in [0.25, 0.3) is 0 Å². The molecule has 0 N–H and O–H groups in total. The summed E-state index contributed by atoms with van der Waals surface area (Å²) in [7, 11) is 0. The number of esters is 4. The van der Waals surface area contributed by atoms with E-state index in [4.69, 9.17) is 18.9 Å². The third kappa shape index (κ3) is 3.61. The van der Waals surface area contributed by atoms with E-state index in [0.29, 0.717) is 24.8 Å². The molecule has 2 bridgehead atoms. The molecule has 4 rings (SSSR count). The van der Waals surface area contributed by atoms with Crippen LogP contribution in [0.25, 0.3) is 0 Å². The Hall–Kier alpha value is -2.71. The number of ether oxygens (including phenoxy) is 4. The Labute approximate surface area is 204 Å². The lowest BCUT2D eigenvalue weighted by atomic mass is 9.43. The van der Waals surface area contributed by atoms with Crippen molar-refractivity contribution in [2.45, 2.75) is 78.6 Å². The molecule has 8 unspecified atom stereocenters. The second-order valence-electron chi connectivity index (χ2n) is 11.3. The van der Waals surface area contributed by atoms with Crippen LogP contribution in [-0.4, -0.2) is 55.1 Å². The van der Waals surface area contributed by atoms with Crippen LogP contribution in [0.1, 0.15) is 60.3 Å². The highest BCUT2D eigenvalue weighted by atomic mass is 16.6. The molecule has 2 spiro atoms. The molecule has 9 heteroatoms. The third-order valence-electron chi connectivity index (χ3n) is 8.89. The largest absolute Gasteiger partial charge is 0.464 e. The first-order valence-electron chi connectivity index (χ1n) is 12.1. The lowest BCUT2D eigenvalue weighted by Crippen LogP contribution is -2.72. The van der Waals surface area contributed by atoms with E-state index in [-0.39, 0.29) is 18.9 Å². The second-order valence-corrected chi connectivity index (χ2v) is 11.3. The van der Waals surface area contributed by atoms with E-state index < -0.39 is 70.3 Å². The quantitative estimate of drug-likeness (QED) is 0.253. The number of hydrogen-bond donors (Lipinski definition) is 0. The number of hydrogen-bond acceptors (Lipinski definition) is 9. The average Bonchev–Trinajstić information content (AvgIpc) is 2.94. The number of carbonyl (C=O) groups is 5. The van der Waals surface area contributed by atoms with Crippen molar-refractivity contribution < 1.29 is 42.9 Å². The van der Waals surface area contributed by atoms with Gasteiger partial charge in [0.05, 0.1) is 5.41 Å². The zero-order chi connectivity index (χ0) is 25.9. The fraction of sp³-hybridized carbons (Fsp3) is 0.731. The molecule has 0 aromatic rings. The molecule has 1 saturated heterocycles. The average molecular weight is 491 g/mol. The highest BCUT2D eigenvalue weighted by molar-refractivity contribution is 5.83. The SMILES string of the molecule is C=C1C2CC(OC(C)=O)C3C(C2)(C(=O)OCC32C(OC(C)=O)CCC(C)(C)C2C=O)C1OC(C)=O. The van der Waals surface area contributed by atoms with Crippen LogP contribution in [0.2, 0.25) is 0 Å². The fourth-order valence-electron chi connectivity index (χ4n) is 7.81. The van der Waals surface area contributed by atoms with E-state index in [2.05, 4.69) is 6.58 Å². The molecule has 35 heavy (non-hydrogen) atoms. The highest BCUT2D eigenvalue weighted by Crippen LogP contribution is 2.70. The molecule has 0 amide bonds. The summed E-state index contributed by atoms with van der Waals surface area (Å²) in [5, 5.41) is 0. The normalized spacial score (nSPS) is 41.4. The van der Waals surface area contributed by atoms with Crippen LogP contribution in [0, 0.1) is 34.0 Å². The van der Waals surface area contributed by atoms with Crippen molar-refractivity contribution in [2.24, 2.45) is 34.0 Å². The summed E-state index contributed by atoms with van der Waals surface area (Å²) in [6.07, 6.45) is -0.0197. The van der Waals surface area contributed by atoms with E-state index in [1.54, 1.807) is 0 Å². The van der Waals surface area contributed by atoms with Crippen molar-refractivity contribution in [3.05, 3.63) is 12.2 Å². The minimum absolute atomic E-state index is 0.176. The summed E-state index contributed by atoms with van der Waals surface area (Å²) < 4.78 is 23.2. The Balaban J connectivity index is 2.01. The Kier molecular flexibility index (Phi) is 6.13. The van der Waals surface area contributed by atoms with Crippen molar-refractivity contribution in [3.8, 4) is 0 Å². The fourth-order valence-corrected chi connectivity index (χ4v) is 7.81. The van der Waals surface area contributed by atoms with Crippen LogP contribution < -0.4 is 0 Å². The molecular weight excluding hydrogens is 456 g/mol. The van der Waals surface area contributed by atoms with Crippen molar-refractivity contribution in [1.29, 1.82) is 0 Å². The zero-order valence-corrected chi connectivity index (χ0v) is 21.0. The second kappa shape index (κ2) is 8.45. The summed E-state index contributed by atoms with van der Waals surface area (Å²) in [4.78, 5) is 63.1. The van der Waals surface area contributed by atoms with Gasteiger partial charge in [0.1, 0.15) is 36.6 Å². The maximum absolute atomic E-state index is 13.7. The zero-order valence-electron chi connectivity index (χ0n) is 21.0. The van der Waals surface area contributed by atoms with Gasteiger partial charge >= 0.3 is 23.9 Å². The molecule has 3 saturated carbocycles. The Morgan fingerprint density at radius 2 is 1.69 bits per heavy atom. The smallest absolute Gasteiger partial charge is 0.316 e. The number of carbonyl (C=O) groups excluding carboxylic acids is 5. The first-order chi connectivity index (χ1) is 16.3. The van der Waals surface area contributed by atoms with Crippen LogP contribution in [-0.2, 0) is 42.9 Å². The van der Waals surface area contributed by atoms with Gasteiger partial charge in [0.15, 0.2) is 0 Å². The maximum atomic E-state index is 13.7. The van der Waals surface area contributed by atoms with Gasteiger partial charge in [-0.15, -0.1) is 0 Å². The monoisotopic (exact) mass is 490 g/mol. The Bertz CT molecular complexity index is 983. The van der Waals surface area contributed by atoms with Crippen molar-refractivity contribution in [2.75, 3.05) is 6.61 Å². The number of aldehydes is 1. The van der Waals surface area contributed by atoms with E-state index in [1.165, 1.54) is 20.8 Å². The maximum Gasteiger partial charge on any atom is 0.316 e. The summed E-state index contributed by atoms with van der Waals surface area (Å²) in [5.41, 5.74) is -2.56. The summed E-state index contributed by atoms with van der Waals surface area (Å²) in [6.45, 7) is 11.8. The van der Waals surface area contributed by atoms with Gasteiger partial charge in [-0.05, 0) is 42.6 Å². The van der Waals surface area contributed by atoms with Crippen LogP contribution in [0.4, 0.5) is 0 Å². The van der Waals surface area contributed by atoms with E-state index >= 15 is 0 Å². The van der Waals surface area contributed by atoms with Crippen molar-refractivity contribution >= 4 is 30.2 Å². The number of cyclic esters (lactones) is 1. The van der Waals surface area contributed by atoms with Gasteiger partial charge < -0.3 is 23.7 Å². The first-order valence-corrected chi connectivity index (χ1v) is 12.1. The van der Waals surface area contributed by atoms with Gasteiger partial charge in [0, 0.05) is 32.6 Å². The van der Waals surface area contributed by atoms with Crippen LogP contribution in [0.15, 0.2) is 12.2 Å². The standard InChI is InChI=1S/C26H34O9/c1-13-17-9-18(33-14(2)28)21-25(10-17,22(13)35-16(4)30)23(31)32-12-26(21)19(11-27)24(5,6)8-7-20(26)34-15(3)29/h11,17-22H,1,7-10,12H2,2-6H3. The van der Waals surface area contributed by atoms with Gasteiger partial charge in [-0.25, -0.2) is 0 Å². The molecule has 9 nitrogen and oxygen atoms in total. The molecule has 1 aliphatic heterocycles. The first kappa shape index (κ1) is 25.4. The molecule has 8 atom stereocenters. The van der Waals surface area contributed by atoms with E-state index in [9.17, 15) is 24.0 Å². The van der Waals surface area contributed by atoms with Crippen LogP contribution >= 0.6 is 0 Å². The predicted molar refractivity (Wildman–Crippen MR) is 120 cm³/mol. The minimum atomic E-state index is -1.42. The van der Waals surface area contributed by atoms with E-state index in [0.717, 1.165) is 6.29 Å². The molecule has 4 fully saturated rings. The number of fused-ring (bicyclic) bond motifs is 2. The van der Waals surface area contributed by atoms with Crippen LogP contribution in [0.3, 0.4) is 0 Å². The summed E-state index contributed by atoms with van der Waals surface area (Å²) in [5.74, 6) is -3.94. The van der Waals surface area contributed by atoms with Crippen molar-refractivity contribution in [1.82, 2.24) is 0 Å². The predicted octanol–water partition coefficient (Wildman–Crippen LogP) is 2.54. The Morgan fingerprint density at radius 3 is 2.26 bits per heavy atom. The van der Waals surface area contributed by atoms with Gasteiger partial charge in [-0.3, -0.25) is 19.2 Å². The van der Waals surface area contributed by atoms with Crippen LogP contribution in [0.5, 0.6) is 0 Å². The van der Waals surface area contributed by atoms with Gasteiger partial charge in [-0.1, -0.05) is 20.4 Å². The lowest BCUT2D eigenvalue weighted by Gasteiger charge is -2.63. The molecular formula is C26H34O9. The Morgan fingerprint density at radius 1 is 1.06 bits per heavy atom.